The fourth-order valence-corrected chi connectivity index (χ4v) is 3.51. The Morgan fingerprint density at radius 1 is 1.19 bits per heavy atom. The normalized spacial score (nSPS) is 11.0. The van der Waals surface area contributed by atoms with E-state index in [1.165, 1.54) is 0 Å². The van der Waals surface area contributed by atoms with E-state index in [9.17, 15) is 4.79 Å². The Balaban J connectivity index is 1.77. The maximum atomic E-state index is 12.4. The molecule has 3 rings (SSSR count). The minimum atomic E-state index is -0.163. The molecule has 0 bridgehead atoms. The average Bonchev–Trinajstić information content (AvgIpc) is 3.05. The number of rotatable bonds is 5. The highest BCUT2D eigenvalue weighted by Gasteiger charge is 2.16. The van der Waals surface area contributed by atoms with Crippen LogP contribution in [-0.4, -0.2) is 25.5 Å². The number of amides is 1. The summed E-state index contributed by atoms with van der Waals surface area (Å²) in [5.41, 5.74) is 4.09. The topological polar surface area (TPSA) is 64.7 Å². The van der Waals surface area contributed by atoms with Gasteiger partial charge in [-0.2, -0.15) is 10.2 Å². The van der Waals surface area contributed by atoms with Crippen LogP contribution < -0.4 is 5.32 Å². The zero-order valence-electron chi connectivity index (χ0n) is 15.1. The number of nitrogens with one attached hydrogen (secondary N) is 1. The van der Waals surface area contributed by atoms with E-state index in [2.05, 4.69) is 31.4 Å². The minimum absolute atomic E-state index is 0.129. The van der Waals surface area contributed by atoms with E-state index >= 15 is 0 Å². The van der Waals surface area contributed by atoms with Crippen LogP contribution in [0.4, 0.5) is 5.69 Å². The van der Waals surface area contributed by atoms with Crippen molar-refractivity contribution < 1.29 is 4.79 Å². The molecule has 0 aliphatic heterocycles. The standard InChI is InChI=1S/C18H18BrCl2N5O/c1-10-18(23-17(27)9-25-11(2)15(19)7-22-25)12(3)26(24-10)8-13-4-5-14(20)6-16(13)21/h4-7H,8-9H2,1-3H3,(H,23,27). The number of anilines is 1. The van der Waals surface area contributed by atoms with Crippen molar-refractivity contribution in [3.63, 3.8) is 0 Å². The second kappa shape index (κ2) is 8.04. The smallest absolute Gasteiger partial charge is 0.246 e. The Bertz CT molecular complexity index is 1010. The predicted molar refractivity (Wildman–Crippen MR) is 111 cm³/mol. The maximum Gasteiger partial charge on any atom is 0.246 e. The molecular weight excluding hydrogens is 453 g/mol. The van der Waals surface area contributed by atoms with Crippen molar-refractivity contribution in [3.05, 3.63) is 61.6 Å². The lowest BCUT2D eigenvalue weighted by molar-refractivity contribution is -0.116. The molecule has 0 saturated heterocycles. The van der Waals surface area contributed by atoms with E-state index in [1.807, 2.05) is 31.5 Å². The molecule has 2 aromatic heterocycles. The summed E-state index contributed by atoms with van der Waals surface area (Å²) in [6, 6.07) is 5.37. The summed E-state index contributed by atoms with van der Waals surface area (Å²) in [7, 11) is 0. The summed E-state index contributed by atoms with van der Waals surface area (Å²) in [5.74, 6) is -0.163. The van der Waals surface area contributed by atoms with E-state index in [0.717, 1.165) is 27.1 Å². The van der Waals surface area contributed by atoms with Crippen LogP contribution in [0.15, 0.2) is 28.9 Å². The van der Waals surface area contributed by atoms with Gasteiger partial charge in [0, 0.05) is 10.0 Å². The lowest BCUT2D eigenvalue weighted by Crippen LogP contribution is -2.21. The van der Waals surface area contributed by atoms with Gasteiger partial charge in [-0.1, -0.05) is 29.3 Å². The number of hydrogen-bond donors (Lipinski definition) is 1. The van der Waals surface area contributed by atoms with Crippen molar-refractivity contribution in [1.29, 1.82) is 0 Å². The SMILES string of the molecule is Cc1nn(Cc2ccc(Cl)cc2Cl)c(C)c1NC(=O)Cn1ncc(Br)c1C. The Kier molecular flexibility index (Phi) is 5.93. The zero-order valence-corrected chi connectivity index (χ0v) is 18.2. The van der Waals surface area contributed by atoms with Crippen LogP contribution >= 0.6 is 39.1 Å². The van der Waals surface area contributed by atoms with Gasteiger partial charge in [-0.05, 0) is 54.4 Å². The number of aryl methyl sites for hydroxylation is 1. The Morgan fingerprint density at radius 3 is 2.56 bits per heavy atom. The highest BCUT2D eigenvalue weighted by atomic mass is 79.9. The molecule has 1 amide bonds. The van der Waals surface area contributed by atoms with Gasteiger partial charge in [0.25, 0.3) is 0 Å². The van der Waals surface area contributed by atoms with Crippen LogP contribution in [-0.2, 0) is 17.9 Å². The third-order valence-electron chi connectivity index (χ3n) is 4.32. The molecule has 6 nitrogen and oxygen atoms in total. The van der Waals surface area contributed by atoms with Crippen molar-refractivity contribution >= 4 is 50.7 Å². The molecule has 0 aliphatic rings. The highest BCUT2D eigenvalue weighted by Crippen LogP contribution is 2.25. The van der Waals surface area contributed by atoms with Gasteiger partial charge in [-0.25, -0.2) is 0 Å². The number of carbonyl (C=O) groups is 1. The number of nitrogens with zero attached hydrogens (tertiary/aromatic N) is 4. The minimum Gasteiger partial charge on any atom is -0.321 e. The molecule has 0 fully saturated rings. The molecule has 0 atom stereocenters. The molecule has 3 aromatic rings. The molecule has 0 unspecified atom stereocenters. The third-order valence-corrected chi connectivity index (χ3v) is 5.68. The van der Waals surface area contributed by atoms with E-state index < -0.39 is 0 Å². The number of halogens is 3. The molecule has 0 radical (unpaired) electrons. The number of aromatic nitrogens is 4. The van der Waals surface area contributed by atoms with Gasteiger partial charge >= 0.3 is 0 Å². The molecule has 1 aromatic carbocycles. The van der Waals surface area contributed by atoms with Crippen molar-refractivity contribution in [2.45, 2.75) is 33.9 Å². The van der Waals surface area contributed by atoms with Gasteiger partial charge in [-0.15, -0.1) is 0 Å². The average molecular weight is 471 g/mol. The summed E-state index contributed by atoms with van der Waals surface area (Å²) >= 11 is 15.6. The molecular formula is C18H18BrCl2N5O. The first-order valence-electron chi connectivity index (χ1n) is 8.22. The highest BCUT2D eigenvalue weighted by molar-refractivity contribution is 9.10. The van der Waals surface area contributed by atoms with Gasteiger partial charge in [-0.3, -0.25) is 14.2 Å². The zero-order chi connectivity index (χ0) is 19.7. The molecule has 9 heteroatoms. The van der Waals surface area contributed by atoms with Gasteiger partial charge in [0.1, 0.15) is 6.54 Å². The number of hydrogen-bond acceptors (Lipinski definition) is 3. The first-order valence-corrected chi connectivity index (χ1v) is 9.77. The first-order chi connectivity index (χ1) is 12.8. The van der Waals surface area contributed by atoms with Crippen LogP contribution in [0, 0.1) is 20.8 Å². The third kappa shape index (κ3) is 4.36. The molecule has 2 heterocycles. The molecule has 0 saturated carbocycles. The molecule has 1 N–H and O–H groups in total. The van der Waals surface area contributed by atoms with Crippen LogP contribution in [0.1, 0.15) is 22.6 Å². The summed E-state index contributed by atoms with van der Waals surface area (Å²) in [6.07, 6.45) is 1.67. The van der Waals surface area contributed by atoms with E-state index in [4.69, 9.17) is 23.2 Å². The van der Waals surface area contributed by atoms with Crippen LogP contribution in [0.25, 0.3) is 0 Å². The summed E-state index contributed by atoms with van der Waals surface area (Å²) in [4.78, 5) is 12.4. The fraction of sp³-hybridized carbons (Fsp3) is 0.278. The van der Waals surface area contributed by atoms with Crippen molar-refractivity contribution in [2.75, 3.05) is 5.32 Å². The molecule has 0 spiro atoms. The van der Waals surface area contributed by atoms with Crippen LogP contribution in [0.2, 0.25) is 10.0 Å². The lowest BCUT2D eigenvalue weighted by Gasteiger charge is -2.09. The van der Waals surface area contributed by atoms with Crippen molar-refractivity contribution in [3.8, 4) is 0 Å². The Morgan fingerprint density at radius 2 is 1.93 bits per heavy atom. The fourth-order valence-electron chi connectivity index (χ4n) is 2.74. The van der Waals surface area contributed by atoms with Crippen molar-refractivity contribution in [1.82, 2.24) is 19.6 Å². The van der Waals surface area contributed by atoms with Gasteiger partial charge in [0.15, 0.2) is 0 Å². The van der Waals surface area contributed by atoms with Gasteiger partial charge < -0.3 is 5.32 Å². The summed E-state index contributed by atoms with van der Waals surface area (Å²) < 4.78 is 4.33. The second-order valence-electron chi connectivity index (χ2n) is 6.22. The monoisotopic (exact) mass is 469 g/mol. The van der Waals surface area contributed by atoms with Gasteiger partial charge in [0.2, 0.25) is 5.91 Å². The molecule has 142 valence electrons. The summed E-state index contributed by atoms with van der Waals surface area (Å²) in [6.45, 7) is 6.29. The number of carbonyl (C=O) groups excluding carboxylic acids is 1. The summed E-state index contributed by atoms with van der Waals surface area (Å²) in [5, 5.41) is 12.8. The van der Waals surface area contributed by atoms with Gasteiger partial charge in [0.05, 0.1) is 40.0 Å². The second-order valence-corrected chi connectivity index (χ2v) is 7.92. The van der Waals surface area contributed by atoms with E-state index in [-0.39, 0.29) is 12.5 Å². The predicted octanol–water partition coefficient (Wildman–Crippen LogP) is 4.76. The Hall–Kier alpha value is -1.83. The first kappa shape index (κ1) is 19.9. The van der Waals surface area contributed by atoms with E-state index in [1.54, 1.807) is 23.0 Å². The number of benzene rings is 1. The maximum absolute atomic E-state index is 12.4. The molecule has 27 heavy (non-hydrogen) atoms. The van der Waals surface area contributed by atoms with Crippen LogP contribution in [0.5, 0.6) is 0 Å². The lowest BCUT2D eigenvalue weighted by atomic mass is 10.2. The molecule has 0 aliphatic carbocycles. The van der Waals surface area contributed by atoms with E-state index in [0.29, 0.717) is 22.3 Å². The largest absolute Gasteiger partial charge is 0.321 e. The quantitative estimate of drug-likeness (QED) is 0.584. The van der Waals surface area contributed by atoms with Crippen molar-refractivity contribution in [2.24, 2.45) is 0 Å². The van der Waals surface area contributed by atoms with Crippen LogP contribution in [0.3, 0.4) is 0 Å². The Labute approximate surface area is 175 Å².